The molecule has 2 heterocycles. The first-order valence-corrected chi connectivity index (χ1v) is 8.18. The Morgan fingerprint density at radius 3 is 2.48 bits per heavy atom. The van der Waals surface area contributed by atoms with E-state index in [4.69, 9.17) is 0 Å². The Hall–Kier alpha value is -3.94. The smallest absolute Gasteiger partial charge is 0.327 e. The third-order valence-electron chi connectivity index (χ3n) is 4.41. The molecule has 134 valence electrons. The Balaban J connectivity index is 1.94. The second-order valence-electron chi connectivity index (χ2n) is 6.10. The van der Waals surface area contributed by atoms with Crippen molar-refractivity contribution in [3.63, 3.8) is 0 Å². The standard InChI is InChI=1S/C19H14N4O4/c24-18-16-14(12-7-4-8-13(9-12)23(26)27)10-15(11-5-2-1-3-6-11)20-17(16)21-19(25)22-18/h1-10,14H,(H3,20,21,22,24,25). The lowest BCUT2D eigenvalue weighted by Gasteiger charge is -2.25. The Bertz CT molecular complexity index is 1180. The van der Waals surface area contributed by atoms with Gasteiger partial charge < -0.3 is 5.32 Å². The van der Waals surface area contributed by atoms with Crippen LogP contribution in [0.3, 0.4) is 0 Å². The molecule has 0 saturated heterocycles. The van der Waals surface area contributed by atoms with Gasteiger partial charge in [0.2, 0.25) is 0 Å². The number of fused-ring (bicyclic) bond motifs is 1. The molecular formula is C19H14N4O4. The van der Waals surface area contributed by atoms with E-state index in [1.807, 2.05) is 36.4 Å². The zero-order valence-corrected chi connectivity index (χ0v) is 13.9. The van der Waals surface area contributed by atoms with Crippen LogP contribution in [0.1, 0.15) is 22.6 Å². The zero-order chi connectivity index (χ0) is 19.0. The SMILES string of the molecule is O=c1[nH]c2c(c(=O)[nH]1)C(c1cccc([N+](=O)[O-])c1)C=C(c1ccccc1)N2. The van der Waals surface area contributed by atoms with Crippen molar-refractivity contribution in [2.75, 3.05) is 5.32 Å². The van der Waals surface area contributed by atoms with Gasteiger partial charge in [-0.25, -0.2) is 4.79 Å². The fraction of sp³-hybridized carbons (Fsp3) is 0.0526. The highest BCUT2D eigenvalue weighted by Gasteiger charge is 2.27. The van der Waals surface area contributed by atoms with Gasteiger partial charge in [-0.05, 0) is 17.2 Å². The van der Waals surface area contributed by atoms with E-state index in [9.17, 15) is 19.7 Å². The van der Waals surface area contributed by atoms with Crippen molar-refractivity contribution in [1.82, 2.24) is 9.97 Å². The van der Waals surface area contributed by atoms with Gasteiger partial charge in [-0.3, -0.25) is 24.9 Å². The molecule has 1 aliphatic heterocycles. The molecule has 1 aromatic heterocycles. The van der Waals surface area contributed by atoms with E-state index in [1.54, 1.807) is 12.1 Å². The Labute approximate surface area is 152 Å². The summed E-state index contributed by atoms with van der Waals surface area (Å²) in [6.07, 6.45) is 1.82. The van der Waals surface area contributed by atoms with Gasteiger partial charge in [-0.15, -0.1) is 0 Å². The fourth-order valence-corrected chi connectivity index (χ4v) is 3.20. The number of nitrogens with one attached hydrogen (secondary N) is 3. The lowest BCUT2D eigenvalue weighted by Crippen LogP contribution is -2.31. The lowest BCUT2D eigenvalue weighted by molar-refractivity contribution is -0.384. The molecule has 0 saturated carbocycles. The van der Waals surface area contributed by atoms with E-state index in [0.717, 1.165) is 5.56 Å². The Kier molecular flexibility index (Phi) is 3.92. The number of H-pyrrole nitrogens is 2. The number of hydrogen-bond donors (Lipinski definition) is 3. The highest BCUT2D eigenvalue weighted by molar-refractivity contribution is 5.81. The second-order valence-corrected chi connectivity index (χ2v) is 6.10. The van der Waals surface area contributed by atoms with Gasteiger partial charge in [0, 0.05) is 23.7 Å². The Morgan fingerprint density at radius 1 is 0.963 bits per heavy atom. The summed E-state index contributed by atoms with van der Waals surface area (Å²) in [4.78, 5) is 39.7. The van der Waals surface area contributed by atoms with Crippen LogP contribution in [-0.2, 0) is 0 Å². The molecule has 3 aromatic rings. The van der Waals surface area contributed by atoms with Gasteiger partial charge in [0.05, 0.1) is 10.5 Å². The predicted octanol–water partition coefficient (Wildman–Crippen LogP) is 2.57. The topological polar surface area (TPSA) is 121 Å². The summed E-state index contributed by atoms with van der Waals surface area (Å²) in [5, 5.41) is 14.2. The summed E-state index contributed by atoms with van der Waals surface area (Å²) in [7, 11) is 0. The van der Waals surface area contributed by atoms with Crippen molar-refractivity contribution in [2.24, 2.45) is 0 Å². The molecule has 0 aliphatic carbocycles. The van der Waals surface area contributed by atoms with Crippen molar-refractivity contribution in [2.45, 2.75) is 5.92 Å². The molecule has 0 fully saturated rings. The van der Waals surface area contributed by atoms with Gasteiger partial charge in [-0.2, -0.15) is 0 Å². The van der Waals surface area contributed by atoms with Crippen molar-refractivity contribution in [3.8, 4) is 0 Å². The average molecular weight is 362 g/mol. The number of anilines is 1. The van der Waals surface area contributed by atoms with E-state index in [1.165, 1.54) is 12.1 Å². The first kappa shape index (κ1) is 16.5. The summed E-state index contributed by atoms with van der Waals surface area (Å²) in [6, 6.07) is 15.5. The van der Waals surface area contributed by atoms with Crippen LogP contribution in [0.25, 0.3) is 5.70 Å². The highest BCUT2D eigenvalue weighted by Crippen LogP contribution is 2.36. The van der Waals surface area contributed by atoms with E-state index in [2.05, 4.69) is 15.3 Å². The van der Waals surface area contributed by atoms with Crippen LogP contribution in [0.5, 0.6) is 0 Å². The van der Waals surface area contributed by atoms with Crippen LogP contribution >= 0.6 is 0 Å². The summed E-state index contributed by atoms with van der Waals surface area (Å²) >= 11 is 0. The molecule has 3 N–H and O–H groups in total. The first-order chi connectivity index (χ1) is 13.0. The third-order valence-corrected chi connectivity index (χ3v) is 4.41. The minimum atomic E-state index is -0.627. The monoisotopic (exact) mass is 362 g/mol. The molecule has 8 nitrogen and oxygen atoms in total. The van der Waals surface area contributed by atoms with Gasteiger partial charge in [-0.1, -0.05) is 42.5 Å². The molecular weight excluding hydrogens is 348 g/mol. The van der Waals surface area contributed by atoms with Crippen LogP contribution in [0.15, 0.2) is 70.3 Å². The van der Waals surface area contributed by atoms with Crippen LogP contribution in [0.4, 0.5) is 11.5 Å². The minimum absolute atomic E-state index is 0.0666. The molecule has 1 unspecified atom stereocenters. The number of aromatic nitrogens is 2. The average Bonchev–Trinajstić information content (AvgIpc) is 2.67. The zero-order valence-electron chi connectivity index (χ0n) is 13.9. The summed E-state index contributed by atoms with van der Waals surface area (Å²) in [5.74, 6) is -0.279. The number of nitrogens with zero attached hydrogens (tertiary/aromatic N) is 1. The number of non-ortho nitro benzene ring substituents is 1. The van der Waals surface area contributed by atoms with Crippen LogP contribution < -0.4 is 16.6 Å². The van der Waals surface area contributed by atoms with Gasteiger partial charge in [0.1, 0.15) is 5.82 Å². The van der Waals surface area contributed by atoms with Crippen LogP contribution in [-0.4, -0.2) is 14.9 Å². The van der Waals surface area contributed by atoms with Crippen molar-refractivity contribution >= 4 is 17.2 Å². The lowest BCUT2D eigenvalue weighted by atomic mass is 9.88. The molecule has 27 heavy (non-hydrogen) atoms. The summed E-state index contributed by atoms with van der Waals surface area (Å²) < 4.78 is 0. The number of aromatic amines is 2. The van der Waals surface area contributed by atoms with Crippen LogP contribution in [0, 0.1) is 10.1 Å². The first-order valence-electron chi connectivity index (χ1n) is 8.18. The maximum atomic E-state index is 12.5. The number of rotatable bonds is 3. The van der Waals surface area contributed by atoms with E-state index in [0.29, 0.717) is 16.8 Å². The van der Waals surface area contributed by atoms with E-state index >= 15 is 0 Å². The minimum Gasteiger partial charge on any atom is -0.341 e. The van der Waals surface area contributed by atoms with Crippen molar-refractivity contribution in [3.05, 3.63) is 108 Å². The summed E-state index contributed by atoms with van der Waals surface area (Å²) in [5.41, 5.74) is 1.20. The maximum Gasteiger partial charge on any atom is 0.327 e. The van der Waals surface area contributed by atoms with Crippen molar-refractivity contribution < 1.29 is 4.92 Å². The quantitative estimate of drug-likeness (QED) is 0.488. The molecule has 0 radical (unpaired) electrons. The molecule has 8 heteroatoms. The van der Waals surface area contributed by atoms with Gasteiger partial charge >= 0.3 is 5.69 Å². The fourth-order valence-electron chi connectivity index (χ4n) is 3.20. The largest absolute Gasteiger partial charge is 0.341 e. The van der Waals surface area contributed by atoms with E-state index < -0.39 is 22.1 Å². The van der Waals surface area contributed by atoms with E-state index in [-0.39, 0.29) is 11.5 Å². The van der Waals surface area contributed by atoms with Gasteiger partial charge in [0.15, 0.2) is 0 Å². The van der Waals surface area contributed by atoms with Crippen LogP contribution in [0.2, 0.25) is 0 Å². The Morgan fingerprint density at radius 2 is 1.74 bits per heavy atom. The molecule has 1 aliphatic rings. The number of benzene rings is 2. The normalized spacial score (nSPS) is 15.4. The second kappa shape index (κ2) is 6.41. The highest BCUT2D eigenvalue weighted by atomic mass is 16.6. The number of nitro groups is 1. The van der Waals surface area contributed by atoms with Crippen molar-refractivity contribution in [1.29, 1.82) is 0 Å². The number of hydrogen-bond acceptors (Lipinski definition) is 5. The molecule has 0 amide bonds. The molecule has 1 atom stereocenters. The van der Waals surface area contributed by atoms with Gasteiger partial charge in [0.25, 0.3) is 11.2 Å². The third kappa shape index (κ3) is 3.04. The number of nitro benzene ring substituents is 1. The summed E-state index contributed by atoms with van der Waals surface area (Å²) in [6.45, 7) is 0. The molecule has 0 spiro atoms. The number of allylic oxidation sites excluding steroid dienone is 1. The molecule has 4 rings (SSSR count). The molecule has 0 bridgehead atoms. The molecule has 2 aromatic carbocycles. The maximum absolute atomic E-state index is 12.5. The predicted molar refractivity (Wildman–Crippen MR) is 101 cm³/mol.